The van der Waals surface area contributed by atoms with E-state index in [1.165, 1.54) is 0 Å². The summed E-state index contributed by atoms with van der Waals surface area (Å²) in [7, 11) is 0. The lowest BCUT2D eigenvalue weighted by Gasteiger charge is -2.30. The number of hydrogen-bond donors (Lipinski definition) is 3. The van der Waals surface area contributed by atoms with Crippen LogP contribution in [0.4, 0.5) is 4.79 Å². The van der Waals surface area contributed by atoms with Crippen LogP contribution >= 0.6 is 0 Å². The van der Waals surface area contributed by atoms with Gasteiger partial charge in [0.1, 0.15) is 0 Å². The van der Waals surface area contributed by atoms with Crippen molar-refractivity contribution in [1.82, 2.24) is 15.5 Å². The molecular weight excluding hydrogens is 262 g/mol. The fraction of sp³-hybridized carbons (Fsp3) is 0.846. The number of aliphatic carboxylic acids is 1. The third-order valence-electron chi connectivity index (χ3n) is 3.06. The Morgan fingerprint density at radius 1 is 1.35 bits per heavy atom. The first kappa shape index (κ1) is 16.7. The Labute approximate surface area is 119 Å². The van der Waals surface area contributed by atoms with Crippen LogP contribution < -0.4 is 10.6 Å². The van der Waals surface area contributed by atoms with Gasteiger partial charge in [0.05, 0.1) is 19.6 Å². The number of carboxylic acids is 1. The fourth-order valence-electron chi connectivity index (χ4n) is 2.21. The zero-order valence-electron chi connectivity index (χ0n) is 12.4. The van der Waals surface area contributed by atoms with Gasteiger partial charge in [-0.2, -0.15) is 0 Å². The zero-order chi connectivity index (χ0) is 15.2. The molecule has 0 saturated carbocycles. The summed E-state index contributed by atoms with van der Waals surface area (Å²) in [5, 5.41) is 14.3. The van der Waals surface area contributed by atoms with Crippen molar-refractivity contribution in [2.45, 2.75) is 38.8 Å². The minimum absolute atomic E-state index is 0.00581. The lowest BCUT2D eigenvalue weighted by molar-refractivity contribution is -0.138. The second-order valence-corrected chi connectivity index (χ2v) is 5.87. The van der Waals surface area contributed by atoms with Crippen LogP contribution in [0.3, 0.4) is 0 Å². The predicted octanol–water partition coefficient (Wildman–Crippen LogP) is 0.260. The highest BCUT2D eigenvalue weighted by molar-refractivity contribution is 5.76. The molecule has 1 saturated heterocycles. The van der Waals surface area contributed by atoms with E-state index < -0.39 is 11.5 Å². The van der Waals surface area contributed by atoms with Crippen LogP contribution in [0.1, 0.15) is 27.2 Å². The zero-order valence-corrected chi connectivity index (χ0v) is 12.4. The number of carbonyl (C=O) groups is 2. The molecule has 1 rings (SSSR count). The molecule has 3 N–H and O–H groups in total. The van der Waals surface area contributed by atoms with E-state index in [1.54, 1.807) is 13.8 Å². The van der Waals surface area contributed by atoms with Crippen molar-refractivity contribution in [3.63, 3.8) is 0 Å². The Kier molecular flexibility index (Phi) is 6.22. The SMILES string of the molecule is CC(CN1CCOCC1)NC(=O)NC(C)(C)CC(=O)O. The summed E-state index contributed by atoms with van der Waals surface area (Å²) < 4.78 is 5.27. The van der Waals surface area contributed by atoms with Gasteiger partial charge in [0.25, 0.3) is 0 Å². The number of amides is 2. The molecule has 0 aromatic carbocycles. The number of carboxylic acid groups (broad SMARTS) is 1. The molecule has 0 aromatic heterocycles. The first-order valence-corrected chi connectivity index (χ1v) is 6.89. The smallest absolute Gasteiger partial charge is 0.315 e. The van der Waals surface area contributed by atoms with Crippen molar-refractivity contribution in [2.75, 3.05) is 32.8 Å². The molecule has 0 aliphatic carbocycles. The normalized spacial score (nSPS) is 18.4. The van der Waals surface area contributed by atoms with E-state index in [0.29, 0.717) is 0 Å². The Balaban J connectivity index is 2.31. The molecule has 0 aromatic rings. The number of urea groups is 1. The molecule has 1 unspecified atom stereocenters. The van der Waals surface area contributed by atoms with Crippen LogP contribution in [0.25, 0.3) is 0 Å². The maximum absolute atomic E-state index is 11.8. The predicted molar refractivity (Wildman–Crippen MR) is 74.7 cm³/mol. The lowest BCUT2D eigenvalue weighted by atomic mass is 10.0. The maximum Gasteiger partial charge on any atom is 0.315 e. The summed E-state index contributed by atoms with van der Waals surface area (Å²) in [4.78, 5) is 24.8. The van der Waals surface area contributed by atoms with Gasteiger partial charge in [0.2, 0.25) is 0 Å². The summed E-state index contributed by atoms with van der Waals surface area (Å²) in [5.41, 5.74) is -0.769. The van der Waals surface area contributed by atoms with Crippen molar-refractivity contribution in [2.24, 2.45) is 0 Å². The molecule has 1 fully saturated rings. The molecule has 0 radical (unpaired) electrons. The van der Waals surface area contributed by atoms with Crippen molar-refractivity contribution in [1.29, 1.82) is 0 Å². The molecule has 2 amide bonds. The van der Waals surface area contributed by atoms with E-state index in [0.717, 1.165) is 32.8 Å². The second-order valence-electron chi connectivity index (χ2n) is 5.87. The molecule has 1 aliphatic heterocycles. The van der Waals surface area contributed by atoms with Crippen LogP contribution in [-0.2, 0) is 9.53 Å². The molecule has 116 valence electrons. The summed E-state index contributed by atoms with van der Waals surface area (Å²) in [6.45, 7) is 9.27. The minimum atomic E-state index is -0.934. The van der Waals surface area contributed by atoms with Crippen LogP contribution in [0, 0.1) is 0 Å². The first-order chi connectivity index (χ1) is 9.28. The molecule has 20 heavy (non-hydrogen) atoms. The van der Waals surface area contributed by atoms with Gasteiger partial charge in [-0.3, -0.25) is 9.69 Å². The molecular formula is C13H25N3O4. The summed E-state index contributed by atoms with van der Waals surface area (Å²) >= 11 is 0. The highest BCUT2D eigenvalue weighted by Crippen LogP contribution is 2.07. The number of nitrogens with zero attached hydrogens (tertiary/aromatic N) is 1. The number of rotatable bonds is 6. The minimum Gasteiger partial charge on any atom is -0.481 e. The van der Waals surface area contributed by atoms with E-state index in [2.05, 4.69) is 15.5 Å². The Morgan fingerprint density at radius 3 is 2.50 bits per heavy atom. The average molecular weight is 287 g/mol. The maximum atomic E-state index is 11.8. The molecule has 0 bridgehead atoms. The van der Waals surface area contributed by atoms with Crippen LogP contribution in [0.2, 0.25) is 0 Å². The summed E-state index contributed by atoms with van der Waals surface area (Å²) in [6, 6.07) is -0.342. The highest BCUT2D eigenvalue weighted by atomic mass is 16.5. The van der Waals surface area contributed by atoms with Crippen molar-refractivity contribution in [3.8, 4) is 0 Å². The van der Waals surface area contributed by atoms with Gasteiger partial charge in [-0.25, -0.2) is 4.79 Å². The van der Waals surface area contributed by atoms with Crippen LogP contribution in [-0.4, -0.2) is 66.4 Å². The molecule has 0 spiro atoms. The Hall–Kier alpha value is -1.34. The van der Waals surface area contributed by atoms with E-state index in [-0.39, 0.29) is 18.5 Å². The third kappa shape index (κ3) is 6.72. The summed E-state index contributed by atoms with van der Waals surface area (Å²) in [5.74, 6) is -0.934. The summed E-state index contributed by atoms with van der Waals surface area (Å²) in [6.07, 6.45) is -0.113. The van der Waals surface area contributed by atoms with Gasteiger partial charge < -0.3 is 20.5 Å². The van der Waals surface area contributed by atoms with Gasteiger partial charge in [0.15, 0.2) is 0 Å². The van der Waals surface area contributed by atoms with Crippen molar-refractivity contribution < 1.29 is 19.4 Å². The van der Waals surface area contributed by atoms with Crippen LogP contribution in [0.5, 0.6) is 0 Å². The Morgan fingerprint density at radius 2 is 1.95 bits per heavy atom. The van der Waals surface area contributed by atoms with Crippen molar-refractivity contribution in [3.05, 3.63) is 0 Å². The Bertz CT molecular complexity index is 341. The van der Waals surface area contributed by atoms with E-state index in [1.807, 2.05) is 6.92 Å². The number of hydrogen-bond acceptors (Lipinski definition) is 4. The van der Waals surface area contributed by atoms with E-state index in [4.69, 9.17) is 9.84 Å². The lowest BCUT2D eigenvalue weighted by Crippen LogP contribution is -2.53. The molecule has 7 nitrogen and oxygen atoms in total. The van der Waals surface area contributed by atoms with Gasteiger partial charge in [-0.1, -0.05) is 0 Å². The monoisotopic (exact) mass is 287 g/mol. The first-order valence-electron chi connectivity index (χ1n) is 6.89. The third-order valence-corrected chi connectivity index (χ3v) is 3.06. The number of nitrogens with one attached hydrogen (secondary N) is 2. The van der Waals surface area contributed by atoms with Crippen molar-refractivity contribution >= 4 is 12.0 Å². The number of morpholine rings is 1. The quantitative estimate of drug-likeness (QED) is 0.652. The second kappa shape index (κ2) is 7.44. The van der Waals surface area contributed by atoms with Gasteiger partial charge >= 0.3 is 12.0 Å². The molecule has 1 atom stereocenters. The van der Waals surface area contributed by atoms with Gasteiger partial charge in [0, 0.05) is 31.2 Å². The fourth-order valence-corrected chi connectivity index (χ4v) is 2.21. The average Bonchev–Trinajstić information content (AvgIpc) is 2.26. The van der Waals surface area contributed by atoms with Gasteiger partial charge in [-0.15, -0.1) is 0 Å². The topological polar surface area (TPSA) is 90.9 Å². The molecule has 7 heteroatoms. The standard InChI is InChI=1S/C13H25N3O4/c1-10(9-16-4-6-20-7-5-16)14-12(19)15-13(2,3)8-11(17)18/h10H,4-9H2,1-3H3,(H,17,18)(H2,14,15,19). The number of carbonyl (C=O) groups excluding carboxylic acids is 1. The molecule has 1 aliphatic rings. The highest BCUT2D eigenvalue weighted by Gasteiger charge is 2.24. The van der Waals surface area contributed by atoms with Gasteiger partial charge in [-0.05, 0) is 20.8 Å². The van der Waals surface area contributed by atoms with Crippen LogP contribution in [0.15, 0.2) is 0 Å². The largest absolute Gasteiger partial charge is 0.481 e. The van der Waals surface area contributed by atoms with E-state index in [9.17, 15) is 9.59 Å². The van der Waals surface area contributed by atoms with E-state index >= 15 is 0 Å². The number of ether oxygens (including phenoxy) is 1. The molecule has 1 heterocycles.